The van der Waals surface area contributed by atoms with Crippen LogP contribution in [0.3, 0.4) is 0 Å². The van der Waals surface area contributed by atoms with Crippen molar-refractivity contribution in [3.8, 4) is 23.0 Å². The van der Waals surface area contributed by atoms with Gasteiger partial charge in [-0.2, -0.15) is 0 Å². The van der Waals surface area contributed by atoms with E-state index in [0.29, 0.717) is 35.8 Å². The molecular weight excluding hydrogens is 528 g/mol. The van der Waals surface area contributed by atoms with Crippen molar-refractivity contribution in [2.75, 3.05) is 13.1 Å². The maximum Gasteiger partial charge on any atom is 0.128 e. The van der Waals surface area contributed by atoms with Gasteiger partial charge in [0.25, 0.3) is 0 Å². The zero-order valence-electron chi connectivity index (χ0n) is 23.3. The lowest BCUT2D eigenvalue weighted by Crippen LogP contribution is -2.15. The van der Waals surface area contributed by atoms with Gasteiger partial charge in [0.05, 0.1) is 19.2 Å². The highest BCUT2D eigenvalue weighted by Gasteiger charge is 2.06. The third kappa shape index (κ3) is 8.94. The van der Waals surface area contributed by atoms with Crippen LogP contribution in [0.5, 0.6) is 23.0 Å². The predicted molar refractivity (Wildman–Crippen MR) is 169 cm³/mol. The maximum absolute atomic E-state index is 10.3. The van der Waals surface area contributed by atoms with Gasteiger partial charge in [0.2, 0.25) is 0 Å². The van der Waals surface area contributed by atoms with Crippen molar-refractivity contribution < 1.29 is 24.8 Å². The molecule has 0 aromatic heterocycles. The van der Waals surface area contributed by atoms with Crippen molar-refractivity contribution in [2.45, 2.75) is 19.3 Å². The summed E-state index contributed by atoms with van der Waals surface area (Å²) in [5.74, 6) is 1.12. The Balaban J connectivity index is 1.21. The average molecular weight is 563 g/mol. The van der Waals surface area contributed by atoms with Crippen molar-refractivity contribution in [1.82, 2.24) is 0 Å². The summed E-state index contributed by atoms with van der Waals surface area (Å²) in [4.78, 5) is 8.45. The van der Waals surface area contributed by atoms with Crippen LogP contribution in [0.25, 0.3) is 12.2 Å². The lowest BCUT2D eigenvalue weighted by molar-refractivity contribution is 0.193. The van der Waals surface area contributed by atoms with E-state index in [1.807, 2.05) is 48.5 Å². The van der Waals surface area contributed by atoms with Gasteiger partial charge in [0.15, 0.2) is 0 Å². The molecule has 42 heavy (non-hydrogen) atoms. The van der Waals surface area contributed by atoms with Crippen molar-refractivity contribution in [2.24, 2.45) is 9.98 Å². The van der Waals surface area contributed by atoms with Gasteiger partial charge in [0, 0.05) is 35.7 Å². The highest BCUT2D eigenvalue weighted by molar-refractivity contribution is 5.84. The standard InChI is InChI=1S/C35H34N2O5/c1-3-25-5-9-27(10-6-25)23-41-32-15-13-29(34(39)17-32)19-36-21-31(38)22-37-20-30-14-16-33(18-35(30)40)42-24-28-11-7-26(4-2)8-12-28/h3-20,31,38-40H,1-2,21-24H2. The molecule has 4 aromatic carbocycles. The number of aliphatic hydroxyl groups is 1. The molecular formula is C35H34N2O5. The molecule has 3 N–H and O–H groups in total. The largest absolute Gasteiger partial charge is 0.507 e. The molecule has 7 heteroatoms. The number of ether oxygens (including phenoxy) is 2. The summed E-state index contributed by atoms with van der Waals surface area (Å²) in [6, 6.07) is 25.7. The van der Waals surface area contributed by atoms with E-state index in [1.165, 1.54) is 24.6 Å². The monoisotopic (exact) mass is 562 g/mol. The minimum absolute atomic E-state index is 0.0271. The van der Waals surface area contributed by atoms with E-state index in [2.05, 4.69) is 23.1 Å². The van der Waals surface area contributed by atoms with Gasteiger partial charge in [0.1, 0.15) is 36.2 Å². The van der Waals surface area contributed by atoms with Crippen molar-refractivity contribution in [3.05, 3.63) is 131 Å². The average Bonchev–Trinajstić information content (AvgIpc) is 3.01. The van der Waals surface area contributed by atoms with Gasteiger partial charge in [-0.25, -0.2) is 0 Å². The van der Waals surface area contributed by atoms with Crippen LogP contribution >= 0.6 is 0 Å². The van der Waals surface area contributed by atoms with E-state index in [9.17, 15) is 15.3 Å². The van der Waals surface area contributed by atoms with Crippen molar-refractivity contribution in [1.29, 1.82) is 0 Å². The Morgan fingerprint density at radius 1 is 0.619 bits per heavy atom. The Labute approximate surface area is 246 Å². The number of hydrogen-bond donors (Lipinski definition) is 3. The van der Waals surface area contributed by atoms with Gasteiger partial charge < -0.3 is 24.8 Å². The molecule has 0 fully saturated rings. The molecule has 4 rings (SSSR count). The molecule has 7 nitrogen and oxygen atoms in total. The summed E-state index contributed by atoms with van der Waals surface area (Å²) < 4.78 is 11.5. The second-order valence-electron chi connectivity index (χ2n) is 9.55. The molecule has 0 aliphatic rings. The summed E-state index contributed by atoms with van der Waals surface area (Å²) in [6.45, 7) is 8.43. The number of hydrogen-bond acceptors (Lipinski definition) is 7. The van der Waals surface area contributed by atoms with E-state index in [1.54, 1.807) is 36.4 Å². The maximum atomic E-state index is 10.3. The number of phenols is 2. The molecule has 4 aromatic rings. The molecule has 0 aliphatic heterocycles. The molecule has 0 atom stereocenters. The van der Waals surface area contributed by atoms with Gasteiger partial charge in [-0.05, 0) is 46.5 Å². The summed E-state index contributed by atoms with van der Waals surface area (Å²) in [5.41, 5.74) is 5.10. The Morgan fingerprint density at radius 3 is 1.38 bits per heavy atom. The van der Waals surface area contributed by atoms with Crippen LogP contribution < -0.4 is 9.47 Å². The lowest BCUT2D eigenvalue weighted by atomic mass is 10.1. The fourth-order valence-electron chi connectivity index (χ4n) is 3.88. The van der Waals surface area contributed by atoms with E-state index in [4.69, 9.17) is 9.47 Å². The minimum Gasteiger partial charge on any atom is -0.507 e. The highest BCUT2D eigenvalue weighted by Crippen LogP contribution is 2.24. The molecule has 0 saturated carbocycles. The second-order valence-corrected chi connectivity index (χ2v) is 9.55. The first kappa shape index (κ1) is 29.8. The molecule has 0 radical (unpaired) electrons. The van der Waals surface area contributed by atoms with Crippen LogP contribution in [0.15, 0.2) is 108 Å². The normalized spacial score (nSPS) is 11.9. The summed E-state index contributed by atoms with van der Waals surface area (Å²) >= 11 is 0. The lowest BCUT2D eigenvalue weighted by Gasteiger charge is -2.09. The van der Waals surface area contributed by atoms with E-state index < -0.39 is 6.10 Å². The van der Waals surface area contributed by atoms with Crippen LogP contribution in [0.1, 0.15) is 33.4 Å². The van der Waals surface area contributed by atoms with E-state index in [-0.39, 0.29) is 24.6 Å². The Morgan fingerprint density at radius 2 is 1.02 bits per heavy atom. The number of benzene rings is 4. The molecule has 0 heterocycles. The number of rotatable bonds is 14. The topological polar surface area (TPSA) is 104 Å². The van der Waals surface area contributed by atoms with Gasteiger partial charge >= 0.3 is 0 Å². The molecule has 0 unspecified atom stereocenters. The Bertz CT molecular complexity index is 1430. The molecule has 214 valence electrons. The summed E-state index contributed by atoms with van der Waals surface area (Å²) in [7, 11) is 0. The SMILES string of the molecule is C=Cc1ccc(COc2ccc(C=NCC(O)CN=Cc3ccc(OCc4ccc(C=C)cc4)cc3O)c(O)c2)cc1. The van der Waals surface area contributed by atoms with E-state index >= 15 is 0 Å². The number of aliphatic imine (C=N–C) groups is 2. The van der Waals surface area contributed by atoms with Gasteiger partial charge in [-0.3, -0.25) is 9.98 Å². The Hall–Kier alpha value is -5.14. The number of aliphatic hydroxyl groups excluding tert-OH is 1. The van der Waals surface area contributed by atoms with E-state index in [0.717, 1.165) is 22.3 Å². The van der Waals surface area contributed by atoms with Crippen LogP contribution in [0, 0.1) is 0 Å². The van der Waals surface area contributed by atoms with Crippen molar-refractivity contribution >= 4 is 24.6 Å². The second kappa shape index (κ2) is 15.0. The Kier molecular flexibility index (Phi) is 10.7. The molecule has 0 amide bonds. The first-order valence-electron chi connectivity index (χ1n) is 13.5. The van der Waals surface area contributed by atoms with Crippen LogP contribution in [-0.2, 0) is 13.2 Å². The van der Waals surface area contributed by atoms with Crippen LogP contribution in [0.2, 0.25) is 0 Å². The zero-order chi connectivity index (χ0) is 29.7. The number of aromatic hydroxyl groups is 2. The molecule has 0 saturated heterocycles. The quantitative estimate of drug-likeness (QED) is 0.154. The smallest absolute Gasteiger partial charge is 0.128 e. The molecule has 0 aliphatic carbocycles. The van der Waals surface area contributed by atoms with Gasteiger partial charge in [-0.15, -0.1) is 0 Å². The first-order chi connectivity index (χ1) is 20.4. The summed E-state index contributed by atoms with van der Waals surface area (Å²) in [6.07, 6.45) is 5.73. The third-order valence-corrected chi connectivity index (χ3v) is 6.34. The van der Waals surface area contributed by atoms with Crippen molar-refractivity contribution in [3.63, 3.8) is 0 Å². The summed E-state index contributed by atoms with van der Waals surface area (Å²) in [5, 5.41) is 30.9. The number of phenolic OH excluding ortho intramolecular Hbond substituents is 2. The molecule has 0 bridgehead atoms. The third-order valence-electron chi connectivity index (χ3n) is 6.34. The first-order valence-corrected chi connectivity index (χ1v) is 13.5. The highest BCUT2D eigenvalue weighted by atomic mass is 16.5. The fraction of sp³-hybridized carbons (Fsp3) is 0.143. The predicted octanol–water partition coefficient (Wildman–Crippen LogP) is 6.44. The van der Waals surface area contributed by atoms with Crippen LogP contribution in [0.4, 0.5) is 0 Å². The minimum atomic E-state index is -0.827. The molecule has 0 spiro atoms. The van der Waals surface area contributed by atoms with Crippen LogP contribution in [-0.4, -0.2) is 46.9 Å². The van der Waals surface area contributed by atoms with Gasteiger partial charge in [-0.1, -0.05) is 73.8 Å². The number of nitrogens with zero attached hydrogens (tertiary/aromatic N) is 2. The zero-order valence-corrected chi connectivity index (χ0v) is 23.3. The fourth-order valence-corrected chi connectivity index (χ4v) is 3.88.